The van der Waals surface area contributed by atoms with Gasteiger partial charge in [0.2, 0.25) is 0 Å². The van der Waals surface area contributed by atoms with Gasteiger partial charge in [-0.25, -0.2) is 0 Å². The summed E-state index contributed by atoms with van der Waals surface area (Å²) in [6, 6.07) is 8.50. The Balaban J connectivity index is 1.91. The van der Waals surface area contributed by atoms with Crippen LogP contribution in [-0.2, 0) is 20.7 Å². The number of methoxy groups -OCH3 is 2. The predicted octanol–water partition coefficient (Wildman–Crippen LogP) is 3.47. The zero-order valence-electron chi connectivity index (χ0n) is 16.5. The summed E-state index contributed by atoms with van der Waals surface area (Å²) in [6.45, 7) is 2.94. The summed E-state index contributed by atoms with van der Waals surface area (Å²) in [5, 5.41) is 1.22. The summed E-state index contributed by atoms with van der Waals surface area (Å²) in [7, 11) is 5.37. The number of benzene rings is 1. The minimum atomic E-state index is -0.181. The average Bonchev–Trinajstić information content (AvgIpc) is 3.04. The molecule has 1 aromatic carbocycles. The molecule has 1 aliphatic heterocycles. The van der Waals surface area contributed by atoms with Crippen LogP contribution in [-0.4, -0.2) is 49.7 Å². The topological polar surface area (TPSA) is 54.6 Å². The molecule has 5 heteroatoms. The third-order valence-electron chi connectivity index (χ3n) is 6.50. The molecule has 1 aliphatic carbocycles. The van der Waals surface area contributed by atoms with Crippen LogP contribution in [0.25, 0.3) is 10.9 Å². The van der Waals surface area contributed by atoms with E-state index < -0.39 is 0 Å². The third kappa shape index (κ3) is 2.89. The smallest absolute Gasteiger partial charge is 0.310 e. The van der Waals surface area contributed by atoms with E-state index >= 15 is 0 Å². The van der Waals surface area contributed by atoms with E-state index in [0.29, 0.717) is 0 Å². The van der Waals surface area contributed by atoms with E-state index in [2.05, 4.69) is 48.1 Å². The summed E-state index contributed by atoms with van der Waals surface area (Å²) in [5.74, 6) is -0.165. The van der Waals surface area contributed by atoms with E-state index in [4.69, 9.17) is 9.47 Å². The molecule has 0 saturated carbocycles. The molecular weight excluding hydrogens is 340 g/mol. The number of hydrogen-bond donors (Lipinski definition) is 1. The summed E-state index contributed by atoms with van der Waals surface area (Å²) in [4.78, 5) is 18.7. The Labute approximate surface area is 160 Å². The normalized spacial score (nSPS) is 30.0. The van der Waals surface area contributed by atoms with Crippen molar-refractivity contribution >= 4 is 16.9 Å². The maximum absolute atomic E-state index is 12.8. The molecule has 0 spiro atoms. The maximum atomic E-state index is 12.8. The number of fused-ring (bicyclic) bond motifs is 5. The fourth-order valence-electron chi connectivity index (χ4n) is 5.13. The lowest BCUT2D eigenvalue weighted by Gasteiger charge is -2.46. The molecule has 1 aromatic heterocycles. The van der Waals surface area contributed by atoms with Crippen molar-refractivity contribution in [2.75, 3.05) is 27.8 Å². The van der Waals surface area contributed by atoms with Crippen LogP contribution in [0.5, 0.6) is 0 Å². The number of likely N-dealkylation sites (N-methyl/N-ethyl adjacent to an activating group) is 1. The Morgan fingerprint density at radius 1 is 1.30 bits per heavy atom. The molecule has 0 amide bonds. The van der Waals surface area contributed by atoms with Gasteiger partial charge in [0.1, 0.15) is 0 Å². The standard InChI is InChI=1S/C22H28N2O3/c1-5-13-12-24(2)18-10-16-14-8-6-7-9-17(14)23-21(16)19(26-3)11-15(13)20(18)22(25)27-4/h5-9,15,18-20,23H,10-12H2,1-4H3/b13-5-/t15-,18+,19-,20+/m1/s1. The second kappa shape index (κ2) is 7.13. The number of carbonyl (C=O) groups is 1. The fourth-order valence-corrected chi connectivity index (χ4v) is 5.13. The molecule has 0 radical (unpaired) electrons. The zero-order valence-corrected chi connectivity index (χ0v) is 16.5. The molecule has 1 fully saturated rings. The third-order valence-corrected chi connectivity index (χ3v) is 6.50. The van der Waals surface area contributed by atoms with E-state index in [9.17, 15) is 4.79 Å². The van der Waals surface area contributed by atoms with E-state index in [1.54, 1.807) is 7.11 Å². The SMILES string of the molecule is C/C=C1/CN(C)[C@H]2Cc3c([nH]c4ccccc34)[C@H](OC)C[C@H]1[C@@H]2C(=O)OC. The van der Waals surface area contributed by atoms with Gasteiger partial charge >= 0.3 is 5.97 Å². The Kier molecular flexibility index (Phi) is 4.82. The van der Waals surface area contributed by atoms with Gasteiger partial charge in [-0.05, 0) is 44.4 Å². The first-order valence-corrected chi connectivity index (χ1v) is 9.64. The Morgan fingerprint density at radius 2 is 2.07 bits per heavy atom. The molecule has 144 valence electrons. The number of nitrogens with zero attached hydrogens (tertiary/aromatic N) is 1. The highest BCUT2D eigenvalue weighted by molar-refractivity contribution is 5.85. The largest absolute Gasteiger partial charge is 0.469 e. The van der Waals surface area contributed by atoms with Gasteiger partial charge in [0.25, 0.3) is 0 Å². The van der Waals surface area contributed by atoms with Crippen molar-refractivity contribution in [1.29, 1.82) is 0 Å². The summed E-state index contributed by atoms with van der Waals surface area (Å²) >= 11 is 0. The number of carbonyl (C=O) groups excluding carboxylic acids is 1. The van der Waals surface area contributed by atoms with E-state index in [-0.39, 0.29) is 30.0 Å². The monoisotopic (exact) mass is 368 g/mol. The first kappa shape index (κ1) is 18.3. The molecule has 2 aromatic rings. The van der Waals surface area contributed by atoms with Crippen LogP contribution in [0.3, 0.4) is 0 Å². The van der Waals surface area contributed by atoms with Crippen molar-refractivity contribution in [2.45, 2.75) is 31.9 Å². The lowest BCUT2D eigenvalue weighted by Crippen LogP contribution is -2.53. The minimum Gasteiger partial charge on any atom is -0.469 e. The van der Waals surface area contributed by atoms with Gasteiger partial charge in [0.05, 0.1) is 19.1 Å². The van der Waals surface area contributed by atoms with E-state index in [1.165, 1.54) is 23.6 Å². The van der Waals surface area contributed by atoms with Gasteiger partial charge in [0.15, 0.2) is 0 Å². The van der Waals surface area contributed by atoms with Gasteiger partial charge in [-0.1, -0.05) is 29.8 Å². The number of allylic oxidation sites excluding steroid dienone is 1. The first-order valence-electron chi connectivity index (χ1n) is 9.64. The molecule has 0 unspecified atom stereocenters. The van der Waals surface area contributed by atoms with Crippen LogP contribution in [0.1, 0.15) is 30.7 Å². The number of para-hydroxylation sites is 1. The highest BCUT2D eigenvalue weighted by Crippen LogP contribution is 2.45. The molecule has 1 saturated heterocycles. The van der Waals surface area contributed by atoms with Crippen LogP contribution >= 0.6 is 0 Å². The van der Waals surface area contributed by atoms with Crippen molar-refractivity contribution in [1.82, 2.24) is 9.88 Å². The predicted molar refractivity (Wildman–Crippen MR) is 106 cm³/mol. The van der Waals surface area contributed by atoms with Crippen LogP contribution < -0.4 is 0 Å². The number of ether oxygens (including phenoxy) is 2. The molecule has 2 aliphatic rings. The maximum Gasteiger partial charge on any atom is 0.310 e. The number of likely N-dealkylation sites (tertiary alicyclic amines) is 1. The van der Waals surface area contributed by atoms with E-state index in [1.807, 2.05) is 6.07 Å². The van der Waals surface area contributed by atoms with Gasteiger partial charge in [-0.15, -0.1) is 0 Å². The minimum absolute atomic E-state index is 0.0659. The second-order valence-electron chi connectivity index (χ2n) is 7.73. The van der Waals surface area contributed by atoms with Crippen LogP contribution in [0.15, 0.2) is 35.9 Å². The Hall–Kier alpha value is -2.11. The summed E-state index contributed by atoms with van der Waals surface area (Å²) in [5.41, 5.74) is 4.85. The number of aromatic nitrogens is 1. The second-order valence-corrected chi connectivity index (χ2v) is 7.73. The first-order chi connectivity index (χ1) is 13.1. The van der Waals surface area contributed by atoms with Crippen molar-refractivity contribution in [3.05, 3.63) is 47.2 Å². The lowest BCUT2D eigenvalue weighted by molar-refractivity contribution is -0.151. The molecule has 4 atom stereocenters. The number of H-pyrrole nitrogens is 1. The molecule has 4 rings (SSSR count). The number of esters is 1. The van der Waals surface area contributed by atoms with Crippen LogP contribution in [0, 0.1) is 11.8 Å². The van der Waals surface area contributed by atoms with Gasteiger partial charge in [-0.2, -0.15) is 0 Å². The quantitative estimate of drug-likeness (QED) is 0.651. The van der Waals surface area contributed by atoms with E-state index in [0.717, 1.165) is 30.6 Å². The van der Waals surface area contributed by atoms with Gasteiger partial charge in [-0.3, -0.25) is 9.69 Å². The number of hydrogen-bond acceptors (Lipinski definition) is 4. The van der Waals surface area contributed by atoms with Crippen LogP contribution in [0.2, 0.25) is 0 Å². The molecule has 27 heavy (non-hydrogen) atoms. The molecule has 2 bridgehead atoms. The highest BCUT2D eigenvalue weighted by Gasteiger charge is 2.47. The molecule has 2 heterocycles. The average molecular weight is 368 g/mol. The molecule has 5 nitrogen and oxygen atoms in total. The Morgan fingerprint density at radius 3 is 2.78 bits per heavy atom. The van der Waals surface area contributed by atoms with Gasteiger partial charge in [0, 0.05) is 36.3 Å². The van der Waals surface area contributed by atoms with Crippen LogP contribution in [0.4, 0.5) is 0 Å². The number of nitrogens with one attached hydrogen (secondary N) is 1. The number of aromatic amines is 1. The van der Waals surface area contributed by atoms with Crippen molar-refractivity contribution < 1.29 is 14.3 Å². The number of piperidine rings is 1. The summed E-state index contributed by atoms with van der Waals surface area (Å²) < 4.78 is 11.2. The highest BCUT2D eigenvalue weighted by atomic mass is 16.5. The van der Waals surface area contributed by atoms with Gasteiger partial charge < -0.3 is 14.5 Å². The summed E-state index contributed by atoms with van der Waals surface area (Å²) in [6.07, 6.45) is 3.68. The number of rotatable bonds is 2. The Bertz CT molecular complexity index is 885. The molecular formula is C22H28N2O3. The van der Waals surface area contributed by atoms with Crippen molar-refractivity contribution in [3.8, 4) is 0 Å². The lowest BCUT2D eigenvalue weighted by atomic mass is 9.70. The van der Waals surface area contributed by atoms with Crippen molar-refractivity contribution in [2.24, 2.45) is 11.8 Å². The molecule has 1 N–H and O–H groups in total. The van der Waals surface area contributed by atoms with Crippen molar-refractivity contribution in [3.63, 3.8) is 0 Å². The fraction of sp³-hybridized carbons (Fsp3) is 0.500. The zero-order chi connectivity index (χ0) is 19.1.